The fourth-order valence-electron chi connectivity index (χ4n) is 13.8. The molecule has 3 unspecified atom stereocenters. The first-order chi connectivity index (χ1) is 62.6. The van der Waals surface area contributed by atoms with Crippen LogP contribution >= 0.6 is 0 Å². The van der Waals surface area contributed by atoms with E-state index in [-0.39, 0.29) is 78.3 Å². The predicted molar refractivity (Wildman–Crippen MR) is 517 cm³/mol. The zero-order valence-corrected chi connectivity index (χ0v) is 79.7. The van der Waals surface area contributed by atoms with Crippen molar-refractivity contribution < 1.29 is 41.1 Å². The van der Waals surface area contributed by atoms with Crippen molar-refractivity contribution in [3.05, 3.63) is 246 Å². The molecule has 0 saturated carbocycles. The molecule has 0 heteroatoms. The van der Waals surface area contributed by atoms with E-state index in [1.807, 2.05) is 171 Å². The third-order valence-corrected chi connectivity index (χ3v) is 19.6. The minimum Gasteiger partial charge on any atom is -0.0648 e. The molecule has 0 bridgehead atoms. The van der Waals surface area contributed by atoms with Gasteiger partial charge in [-0.3, -0.25) is 0 Å². The Kier molecular flexibility index (Phi) is 25.3. The van der Waals surface area contributed by atoms with E-state index in [0.29, 0.717) is 5.56 Å². The highest BCUT2D eigenvalue weighted by atomic mass is 14.4. The van der Waals surface area contributed by atoms with Gasteiger partial charge in [-0.25, -0.2) is 0 Å². The van der Waals surface area contributed by atoms with Gasteiger partial charge >= 0.3 is 0 Å². The van der Waals surface area contributed by atoms with Crippen LogP contribution in [0.4, 0.5) is 0 Å². The Bertz CT molecular complexity index is 5040. The second kappa shape index (κ2) is 44.4. The fraction of sp³-hybridized carbons (Fsp3) is 0.628. The molecule has 0 aliphatic rings. The minimum absolute atomic E-state index is 0.0150. The summed E-state index contributed by atoms with van der Waals surface area (Å²) in [7, 11) is 0. The van der Waals surface area contributed by atoms with E-state index in [1.54, 1.807) is 39.0 Å². The summed E-state index contributed by atoms with van der Waals surface area (Å²) in [4.78, 5) is 0. The van der Waals surface area contributed by atoms with Gasteiger partial charge in [0.25, 0.3) is 0 Å². The molecule has 0 fully saturated rings. The van der Waals surface area contributed by atoms with E-state index in [1.165, 1.54) is 34.9 Å². The summed E-state index contributed by atoms with van der Waals surface area (Å²) in [6.07, 6.45) is -6.68. The highest BCUT2D eigenvalue weighted by Gasteiger charge is 2.33. The zero-order valence-electron chi connectivity index (χ0n) is 110. The summed E-state index contributed by atoms with van der Waals surface area (Å²) >= 11 is 0. The van der Waals surface area contributed by atoms with E-state index < -0.39 is 117 Å². The predicted octanol–water partition coefficient (Wildman–Crippen LogP) is 35.7. The van der Waals surface area contributed by atoms with Crippen LogP contribution in [0, 0.1) is 29.1 Å². The molecule has 0 saturated heterocycles. The molecule has 0 amide bonds. The smallest absolute Gasteiger partial charge is 0.0355 e. The zero-order chi connectivity index (χ0) is 114. The molecular formula is C113H184. The highest BCUT2D eigenvalue weighted by Crippen LogP contribution is 2.44. The van der Waals surface area contributed by atoms with Crippen LogP contribution in [0.1, 0.15) is 514 Å². The van der Waals surface area contributed by atoms with Crippen LogP contribution in [0.25, 0.3) is 0 Å². The summed E-state index contributed by atoms with van der Waals surface area (Å²) in [6, 6.07) is 44.2. The Balaban J connectivity index is 0.000000844. The highest BCUT2D eigenvalue weighted by molar-refractivity contribution is 5.48. The van der Waals surface area contributed by atoms with Gasteiger partial charge in [0.05, 0.1) is 0 Å². The Labute approximate surface area is 748 Å². The van der Waals surface area contributed by atoms with Gasteiger partial charge < -0.3 is 0 Å². The molecule has 0 heterocycles. The van der Waals surface area contributed by atoms with E-state index in [0.717, 1.165) is 68.6 Å². The maximum absolute atomic E-state index is 9.03. The van der Waals surface area contributed by atoms with Gasteiger partial charge in [-0.2, -0.15) is 0 Å². The fourth-order valence-corrected chi connectivity index (χ4v) is 13.8. The molecule has 113 heavy (non-hydrogen) atoms. The molecule has 7 rings (SSSR count). The van der Waals surface area contributed by atoms with Gasteiger partial charge in [-0.05, 0) is 239 Å². The average Bonchev–Trinajstić information content (AvgIpc) is 0.700. The third-order valence-electron chi connectivity index (χ3n) is 19.6. The summed E-state index contributed by atoms with van der Waals surface area (Å²) in [5.74, 6) is -11.3. The van der Waals surface area contributed by atoms with Gasteiger partial charge in [-0.1, -0.05) is 471 Å². The molecule has 3 atom stereocenters. The van der Waals surface area contributed by atoms with Crippen LogP contribution in [0.5, 0.6) is 0 Å². The molecule has 0 aliphatic carbocycles. The molecule has 0 aromatic heterocycles. The molecule has 0 spiro atoms. The van der Waals surface area contributed by atoms with Crippen molar-refractivity contribution >= 4 is 0 Å². The second-order valence-corrected chi connectivity index (χ2v) is 41.5. The standard InChI is InChI=1S/C20H34.C19H32.2C17H28.C14H22.2C13H20/c1-14(2)13-16-11-10-12-17(15(3)19(4,5)6)18(16)20(7,8)9;1-13(2)12-16-10-9-11-17(15(5)14(3)4)18(16)19(6,7)8;1-12(2)13-10-9-11-14(16(3,4)5)15(13)17(6,7)8;1-8-13(4)15-11-9-10-14(12(2)3)16(15)17(5,6)7;1-11(2)10-12-8-6-7-9-13(12)14(3,4)5;2*1-10(2)11-8-6-7-9-12(11)13(3,4)5/h10-12,14-15H,13H2,1-9H3;9-11,13-15H,12H2,1-8H3;9-12H,1-8H3;9-13H,8H2,1-7H3;6-9,11H,10H2,1-5H3;2*6-10H,1-5H3/i13D2,15D;12D2,15D;12D;2D3,3D3,4D3,8D2,12D,13D;10D2;1D3,2D3,10D;10D. The van der Waals surface area contributed by atoms with Crippen LogP contribution in [-0.2, 0) is 62.4 Å². The first-order valence-corrected chi connectivity index (χ1v) is 41.5. The van der Waals surface area contributed by atoms with Crippen molar-refractivity contribution in [1.82, 2.24) is 0 Å². The van der Waals surface area contributed by atoms with Gasteiger partial charge in [0.2, 0.25) is 0 Å². The summed E-state index contributed by atoms with van der Waals surface area (Å²) in [6.45, 7) is 68.3. The van der Waals surface area contributed by atoms with E-state index in [9.17, 15) is 0 Å². The summed E-state index contributed by atoms with van der Waals surface area (Å²) in [5.41, 5.74) is 11.3. The lowest BCUT2D eigenvalue weighted by atomic mass is 9.70. The molecule has 0 radical (unpaired) electrons. The van der Waals surface area contributed by atoms with Crippen LogP contribution in [0.3, 0.4) is 0 Å². The van der Waals surface area contributed by atoms with Gasteiger partial charge in [0.15, 0.2) is 0 Å². The number of hydrogen-bond acceptors (Lipinski definition) is 0. The number of hydrogen-bond donors (Lipinski definition) is 0. The average molecular weight is 1570 g/mol. The maximum Gasteiger partial charge on any atom is 0.0355 e. The monoisotopic (exact) mass is 1570 g/mol. The first kappa shape index (κ1) is 64.5. The number of rotatable bonds is 15. The first-order valence-electron chi connectivity index (χ1n) is 56.5. The number of benzene rings is 7. The molecule has 7 aromatic carbocycles. The van der Waals surface area contributed by atoms with Gasteiger partial charge in [0, 0.05) is 41.1 Å². The molecular weight excluding hydrogens is 1360 g/mol. The lowest BCUT2D eigenvalue weighted by Gasteiger charge is -2.35. The quantitative estimate of drug-likeness (QED) is 0.0960. The Morgan fingerprint density at radius 1 is 0.265 bits per heavy atom. The SMILES string of the molecule is [2H]C(C)(C)c1cccc(C(C)(C)C)c1C(C)(C)C.[2H]C(C)(C)c1ccccc1C(C)(C)C.[2H]C([2H])([2H])C([2H])(c1cccc(C([2H])(C([2H])([2H])[2H])C([2H])([2H])C)c1C(C)(C)C)C([2H])([2H])[2H].[2H]C([2H])([2H])C([2H])(c1ccccc1C(C)(C)C)C([2H])([2H])[2H].[2H]C([2H])(c1cccc(C([2H])(C)C(C)(C)C)c1C(C)(C)C)C(C)C.[2H]C([2H])(c1cccc(C([2H])(C)C(C)C)c1C(C)(C)C)C(C)C.[2H]C([2H])(c1ccccc1C(C)(C)C)C(C)C. The minimum atomic E-state index is -3.31. The largest absolute Gasteiger partial charge is 0.0648 e. The van der Waals surface area contributed by atoms with E-state index >= 15 is 0 Å². The van der Waals surface area contributed by atoms with Crippen LogP contribution < -0.4 is 0 Å². The van der Waals surface area contributed by atoms with Gasteiger partial charge in [0.1, 0.15) is 0 Å². The van der Waals surface area contributed by atoms with Crippen LogP contribution in [-0.4, -0.2) is 0 Å². The maximum atomic E-state index is 9.03. The Hall–Kier alpha value is -5.46. The Morgan fingerprint density at radius 3 is 0.885 bits per heavy atom. The topological polar surface area (TPSA) is 0 Å². The molecule has 0 nitrogen and oxygen atoms in total. The van der Waals surface area contributed by atoms with Crippen molar-refractivity contribution in [2.45, 2.75) is 435 Å². The van der Waals surface area contributed by atoms with E-state index in [4.69, 9.17) is 41.1 Å². The van der Waals surface area contributed by atoms with Crippen molar-refractivity contribution in [1.29, 1.82) is 0 Å². The second-order valence-electron chi connectivity index (χ2n) is 41.5. The van der Waals surface area contributed by atoms with Crippen LogP contribution in [0.15, 0.2) is 146 Å². The Morgan fingerprint density at radius 2 is 0.549 bits per heavy atom. The van der Waals surface area contributed by atoms with E-state index in [2.05, 4.69) is 196 Å². The van der Waals surface area contributed by atoms with Crippen molar-refractivity contribution in [2.75, 3.05) is 0 Å². The third kappa shape index (κ3) is 34.6. The van der Waals surface area contributed by atoms with Crippen LogP contribution in [0.2, 0.25) is 0 Å². The molecule has 636 valence electrons. The normalized spacial score (nSPS) is 19.6. The van der Waals surface area contributed by atoms with Crippen molar-refractivity contribution in [3.8, 4) is 0 Å². The van der Waals surface area contributed by atoms with Crippen molar-refractivity contribution in [2.24, 2.45) is 29.1 Å². The lowest BCUT2D eigenvalue weighted by molar-refractivity contribution is 0.335. The van der Waals surface area contributed by atoms with Crippen molar-refractivity contribution in [3.63, 3.8) is 0 Å². The molecule has 0 aliphatic heterocycles. The lowest BCUT2D eigenvalue weighted by Crippen LogP contribution is -2.24. The summed E-state index contributed by atoms with van der Waals surface area (Å²) in [5, 5.41) is 0. The molecule has 0 N–H and O–H groups in total. The summed E-state index contributed by atoms with van der Waals surface area (Å²) < 4.78 is 243. The molecule has 7 aromatic rings. The van der Waals surface area contributed by atoms with Gasteiger partial charge in [-0.15, -0.1) is 0 Å².